The first kappa shape index (κ1) is 16.5. The number of Topliss-reactive ketones (excluding diaryl/α,β-unsaturated/α-hetero) is 1. The number of aliphatic hydroxyl groups excluding tert-OH is 1. The number of aliphatic hydroxyl groups is 1. The second-order valence-electron chi connectivity index (χ2n) is 4.37. The van der Waals surface area contributed by atoms with Gasteiger partial charge < -0.3 is 12.8 Å². The molecule has 0 spiro atoms. The van der Waals surface area contributed by atoms with Crippen molar-refractivity contribution in [3.8, 4) is 0 Å². The van der Waals surface area contributed by atoms with Gasteiger partial charge in [0.1, 0.15) is 18.3 Å². The van der Waals surface area contributed by atoms with Crippen LogP contribution in [-0.2, 0) is 9.59 Å². The molecule has 1 fully saturated rings. The third-order valence-corrected chi connectivity index (χ3v) is 3.42. The third-order valence-electron chi connectivity index (χ3n) is 3.42. The van der Waals surface area contributed by atoms with E-state index in [0.717, 1.165) is 12.7 Å². The van der Waals surface area contributed by atoms with Crippen molar-refractivity contribution < 1.29 is 17.5 Å². The second-order valence-corrected chi connectivity index (χ2v) is 4.37. The van der Waals surface area contributed by atoms with E-state index in [0.29, 0.717) is 0 Å². The minimum Gasteiger partial charge on any atom is -1.00 e. The summed E-state index contributed by atoms with van der Waals surface area (Å²) >= 11 is 0. The van der Waals surface area contributed by atoms with Crippen LogP contribution in [0.5, 0.6) is 0 Å². The van der Waals surface area contributed by atoms with Crippen molar-refractivity contribution >= 4 is 49.8 Å². The third kappa shape index (κ3) is 3.26. The molecule has 0 bridgehead atoms. The van der Waals surface area contributed by atoms with Crippen LogP contribution in [-0.4, -0.2) is 67.2 Å². The molecular formula is C11H21CaNO3. The zero-order chi connectivity index (χ0) is 11.6. The molecule has 0 aromatic heterocycles. The van der Waals surface area contributed by atoms with Crippen molar-refractivity contribution in [3.63, 3.8) is 0 Å². The Kier molecular flexibility index (Phi) is 7.29. The molecular weight excluding hydrogens is 234 g/mol. The van der Waals surface area contributed by atoms with Gasteiger partial charge in [0.2, 0.25) is 0 Å². The molecule has 16 heavy (non-hydrogen) atoms. The summed E-state index contributed by atoms with van der Waals surface area (Å²) < 4.78 is 0. The molecule has 90 valence electrons. The maximum absolute atomic E-state index is 11.3. The number of hydrogen-bond donors (Lipinski definition) is 2. The van der Waals surface area contributed by atoms with Crippen molar-refractivity contribution in [2.24, 2.45) is 17.8 Å². The van der Waals surface area contributed by atoms with Gasteiger partial charge in [-0.1, -0.05) is 20.3 Å². The van der Waals surface area contributed by atoms with Crippen molar-refractivity contribution in [1.29, 1.82) is 0 Å². The average Bonchev–Trinajstić information content (AvgIpc) is 2.53. The first-order valence-electron chi connectivity index (χ1n) is 5.42. The van der Waals surface area contributed by atoms with E-state index >= 15 is 0 Å². The molecule has 1 heterocycles. The minimum absolute atomic E-state index is 0. The van der Waals surface area contributed by atoms with E-state index in [4.69, 9.17) is 0 Å². The first-order chi connectivity index (χ1) is 7.02. The van der Waals surface area contributed by atoms with Crippen LogP contribution in [0.1, 0.15) is 30.0 Å². The van der Waals surface area contributed by atoms with Crippen LogP contribution in [0.4, 0.5) is 0 Å². The predicted molar refractivity (Wildman–Crippen MR) is 64.1 cm³/mol. The Morgan fingerprint density at radius 1 is 1.62 bits per heavy atom. The van der Waals surface area contributed by atoms with E-state index in [1.165, 1.54) is 6.92 Å². The van der Waals surface area contributed by atoms with Gasteiger partial charge in [-0.15, -0.1) is 0 Å². The second kappa shape index (κ2) is 7.07. The van der Waals surface area contributed by atoms with Crippen LogP contribution in [0.2, 0.25) is 0 Å². The molecule has 5 heteroatoms. The Labute approximate surface area is 129 Å². The average molecular weight is 255 g/mol. The number of rotatable bonds is 4. The first-order valence-corrected chi connectivity index (χ1v) is 5.42. The number of hydrogen-bond acceptors (Lipinski definition) is 4. The van der Waals surface area contributed by atoms with Gasteiger partial charge in [0, 0.05) is 12.0 Å². The number of carbonyl (C=O) groups is 2. The predicted octanol–water partition coefficient (Wildman–Crippen LogP) is 0.187. The minimum atomic E-state index is -0.878. The van der Waals surface area contributed by atoms with Crippen LogP contribution >= 0.6 is 0 Å². The van der Waals surface area contributed by atoms with Gasteiger partial charge in [0.15, 0.2) is 0 Å². The topological polar surface area (TPSA) is 66.4 Å². The summed E-state index contributed by atoms with van der Waals surface area (Å²) in [5, 5.41) is 12.6. The zero-order valence-corrected chi connectivity index (χ0v) is 12.4. The largest absolute Gasteiger partial charge is 2.00 e. The SMILES string of the molecule is CCC(C)C1NC(O)C(C(C)=O)C1C=O.[Ca+2].[H-].[H-]. The van der Waals surface area contributed by atoms with Crippen molar-refractivity contribution in [2.75, 3.05) is 0 Å². The molecule has 1 aliphatic rings. The van der Waals surface area contributed by atoms with Crippen LogP contribution in [0.15, 0.2) is 0 Å². The molecule has 0 amide bonds. The van der Waals surface area contributed by atoms with Crippen molar-refractivity contribution in [2.45, 2.75) is 39.5 Å². The Hall–Kier alpha value is 0.520. The van der Waals surface area contributed by atoms with Crippen LogP contribution < -0.4 is 5.32 Å². The van der Waals surface area contributed by atoms with Gasteiger partial charge in [-0.2, -0.15) is 0 Å². The summed E-state index contributed by atoms with van der Waals surface area (Å²) in [4.78, 5) is 22.3. The Morgan fingerprint density at radius 3 is 2.56 bits per heavy atom. The fraction of sp³-hybridized carbons (Fsp3) is 0.818. The Balaban J connectivity index is -0.000000750. The summed E-state index contributed by atoms with van der Waals surface area (Å²) in [7, 11) is 0. The molecule has 5 atom stereocenters. The molecule has 2 N–H and O–H groups in total. The normalized spacial score (nSPS) is 35.2. The number of nitrogens with one attached hydrogen (secondary N) is 1. The number of carbonyl (C=O) groups excluding carboxylic acids is 2. The van der Waals surface area contributed by atoms with E-state index in [1.54, 1.807) is 0 Å². The molecule has 0 aromatic rings. The van der Waals surface area contributed by atoms with Gasteiger partial charge in [-0.25, -0.2) is 0 Å². The van der Waals surface area contributed by atoms with E-state index in [2.05, 4.69) is 5.32 Å². The van der Waals surface area contributed by atoms with E-state index in [-0.39, 0.29) is 58.3 Å². The van der Waals surface area contributed by atoms with E-state index < -0.39 is 18.1 Å². The monoisotopic (exact) mass is 255 g/mol. The molecule has 0 radical (unpaired) electrons. The maximum atomic E-state index is 11.3. The standard InChI is InChI=1S/C11H19NO3.Ca.2H/c1-4-6(2)10-8(5-13)9(7(3)14)11(15)12-10;;;/h5-6,8-12,15H,4H2,1-3H3;;;/q;+2;2*-1. The van der Waals surface area contributed by atoms with Gasteiger partial charge in [-0.3, -0.25) is 10.1 Å². The summed E-state index contributed by atoms with van der Waals surface area (Å²) in [6, 6.07) is -0.0867. The fourth-order valence-electron chi connectivity index (χ4n) is 2.31. The molecule has 0 saturated carbocycles. The molecule has 1 saturated heterocycles. The van der Waals surface area contributed by atoms with Gasteiger partial charge in [0.05, 0.1) is 5.92 Å². The van der Waals surface area contributed by atoms with Crippen LogP contribution in [0.3, 0.4) is 0 Å². The quantitative estimate of drug-likeness (QED) is 0.556. The molecule has 0 aromatic carbocycles. The number of aldehydes is 1. The number of ketones is 1. The maximum Gasteiger partial charge on any atom is 2.00 e. The Bertz CT molecular complexity index is 269. The van der Waals surface area contributed by atoms with E-state index in [1.807, 2.05) is 13.8 Å². The summed E-state index contributed by atoms with van der Waals surface area (Å²) in [5.74, 6) is -0.828. The summed E-state index contributed by atoms with van der Waals surface area (Å²) in [6.45, 7) is 5.47. The van der Waals surface area contributed by atoms with Crippen molar-refractivity contribution in [3.05, 3.63) is 0 Å². The van der Waals surface area contributed by atoms with E-state index in [9.17, 15) is 14.7 Å². The Morgan fingerprint density at radius 2 is 2.19 bits per heavy atom. The van der Waals surface area contributed by atoms with Gasteiger partial charge in [0.25, 0.3) is 0 Å². The van der Waals surface area contributed by atoms with Gasteiger partial charge in [-0.05, 0) is 12.8 Å². The fourth-order valence-corrected chi connectivity index (χ4v) is 2.31. The molecule has 1 rings (SSSR count). The van der Waals surface area contributed by atoms with Crippen LogP contribution in [0, 0.1) is 17.8 Å². The molecule has 1 aliphatic heterocycles. The van der Waals surface area contributed by atoms with Gasteiger partial charge >= 0.3 is 37.7 Å². The van der Waals surface area contributed by atoms with Crippen molar-refractivity contribution in [1.82, 2.24) is 5.32 Å². The zero-order valence-electron chi connectivity index (χ0n) is 12.1. The van der Waals surface area contributed by atoms with Crippen LogP contribution in [0.25, 0.3) is 0 Å². The summed E-state index contributed by atoms with van der Waals surface area (Å²) in [6.07, 6.45) is 0.836. The molecule has 0 aliphatic carbocycles. The molecule has 4 nitrogen and oxygen atoms in total. The molecule has 5 unspecified atom stereocenters. The summed E-state index contributed by atoms with van der Waals surface area (Å²) in [5.41, 5.74) is 0. The smallest absolute Gasteiger partial charge is 1.00 e.